The Hall–Kier alpha value is -1.92. The Morgan fingerprint density at radius 2 is 1.69 bits per heavy atom. The number of piperidine rings is 1. The molecule has 2 aliphatic heterocycles. The third kappa shape index (κ3) is 4.96. The molecule has 4 saturated carbocycles. The second kappa shape index (κ2) is 9.13. The van der Waals surface area contributed by atoms with Gasteiger partial charge in [-0.2, -0.15) is 13.5 Å². The standard InChI is InChI=1S/C24H37N3O8S/c1-23(2,5-6-33-21(29)24-10-15-7-16(11-24)9-17(8-15)12-24)14-34-36(31,32)35-27-18-3-4-19(20(25)28)26(13-18)22(27)30/h15-19H,3-14H2,1-2H3,(H2,25,28)/t15?,16?,17?,18-,19+,24?/m1/s1. The van der Waals surface area contributed by atoms with E-state index in [2.05, 4.69) is 0 Å². The van der Waals surface area contributed by atoms with Crippen molar-refractivity contribution in [1.29, 1.82) is 0 Å². The van der Waals surface area contributed by atoms with Gasteiger partial charge in [-0.15, -0.1) is 4.28 Å². The van der Waals surface area contributed by atoms with Crippen LogP contribution in [0.25, 0.3) is 0 Å². The van der Waals surface area contributed by atoms with E-state index in [0.717, 1.165) is 24.3 Å². The van der Waals surface area contributed by atoms with Crippen molar-refractivity contribution in [3.63, 3.8) is 0 Å². The number of carbonyl (C=O) groups is 3. The summed E-state index contributed by atoms with van der Waals surface area (Å²) in [7, 11) is -4.53. The van der Waals surface area contributed by atoms with Crippen LogP contribution in [0.5, 0.6) is 0 Å². The molecule has 3 amide bonds. The molecule has 202 valence electrons. The van der Waals surface area contributed by atoms with Crippen LogP contribution in [-0.4, -0.2) is 68.1 Å². The van der Waals surface area contributed by atoms with Crippen LogP contribution in [0, 0.1) is 28.6 Å². The fourth-order valence-corrected chi connectivity index (χ4v) is 8.27. The SMILES string of the molecule is CC(C)(CCOC(=O)C12CC3CC(CC(C3)C1)C2)COS(=O)(=O)ON1C(=O)N2C[C@H]1CC[C@H]2C(N)=O. The lowest BCUT2D eigenvalue weighted by Gasteiger charge is -2.55. The van der Waals surface area contributed by atoms with Gasteiger partial charge in [-0.3, -0.25) is 9.59 Å². The van der Waals surface area contributed by atoms with Gasteiger partial charge < -0.3 is 15.4 Å². The first kappa shape index (κ1) is 25.7. The van der Waals surface area contributed by atoms with E-state index in [-0.39, 0.29) is 31.1 Å². The van der Waals surface area contributed by atoms with Crippen LogP contribution < -0.4 is 5.73 Å². The second-order valence-electron chi connectivity index (χ2n) is 12.4. The van der Waals surface area contributed by atoms with Gasteiger partial charge in [-0.25, -0.2) is 8.98 Å². The summed E-state index contributed by atoms with van der Waals surface area (Å²) < 4.78 is 40.8. The molecule has 6 aliphatic rings. The molecule has 0 aromatic heterocycles. The molecule has 2 saturated heterocycles. The number of rotatable bonds is 10. The van der Waals surface area contributed by atoms with E-state index >= 15 is 0 Å². The van der Waals surface area contributed by atoms with E-state index in [0.29, 0.717) is 37.0 Å². The minimum absolute atomic E-state index is 0.0998. The molecule has 2 heterocycles. The summed E-state index contributed by atoms with van der Waals surface area (Å²) in [6, 6.07) is -1.99. The van der Waals surface area contributed by atoms with Crippen LogP contribution in [-0.2, 0) is 33.2 Å². The minimum Gasteiger partial charge on any atom is -0.465 e. The molecule has 2 atom stereocenters. The summed E-state index contributed by atoms with van der Waals surface area (Å²) in [5, 5.41) is 0.762. The quantitative estimate of drug-likeness (QED) is 0.425. The third-order valence-electron chi connectivity index (χ3n) is 8.90. The maximum atomic E-state index is 13.0. The molecular formula is C24H37N3O8S. The van der Waals surface area contributed by atoms with Crippen LogP contribution >= 0.6 is 0 Å². The molecular weight excluding hydrogens is 490 g/mol. The molecule has 6 bridgehead atoms. The Labute approximate surface area is 212 Å². The first-order valence-corrected chi connectivity index (χ1v) is 14.4. The molecule has 0 unspecified atom stereocenters. The number of carbonyl (C=O) groups excluding carboxylic acids is 3. The van der Waals surface area contributed by atoms with Crippen molar-refractivity contribution in [3.05, 3.63) is 0 Å². The predicted octanol–water partition coefficient (Wildman–Crippen LogP) is 2.11. The van der Waals surface area contributed by atoms with E-state index in [1.807, 2.05) is 13.8 Å². The van der Waals surface area contributed by atoms with Crippen LogP contribution in [0.3, 0.4) is 0 Å². The van der Waals surface area contributed by atoms with Gasteiger partial charge >= 0.3 is 22.4 Å². The topological polar surface area (TPSA) is 146 Å². The molecule has 0 spiro atoms. The van der Waals surface area contributed by atoms with Gasteiger partial charge in [0.25, 0.3) is 0 Å². The van der Waals surface area contributed by atoms with E-state index in [9.17, 15) is 22.8 Å². The van der Waals surface area contributed by atoms with Crippen molar-refractivity contribution in [2.75, 3.05) is 19.8 Å². The van der Waals surface area contributed by atoms with E-state index in [1.54, 1.807) is 0 Å². The van der Waals surface area contributed by atoms with E-state index in [4.69, 9.17) is 18.9 Å². The predicted molar refractivity (Wildman–Crippen MR) is 126 cm³/mol. The van der Waals surface area contributed by atoms with Crippen LogP contribution in [0.2, 0.25) is 0 Å². The van der Waals surface area contributed by atoms with Crippen molar-refractivity contribution in [3.8, 4) is 0 Å². The molecule has 36 heavy (non-hydrogen) atoms. The highest BCUT2D eigenvalue weighted by Crippen LogP contribution is 2.60. The Kier molecular flexibility index (Phi) is 6.52. The van der Waals surface area contributed by atoms with Crippen molar-refractivity contribution in [2.45, 2.75) is 83.7 Å². The Bertz CT molecular complexity index is 993. The average Bonchev–Trinajstić information content (AvgIpc) is 3.01. The van der Waals surface area contributed by atoms with Gasteiger partial charge in [0.15, 0.2) is 0 Å². The van der Waals surface area contributed by atoms with Crippen molar-refractivity contribution in [1.82, 2.24) is 9.96 Å². The highest BCUT2D eigenvalue weighted by Gasteiger charge is 2.55. The second-order valence-corrected chi connectivity index (χ2v) is 13.6. The molecule has 12 heteroatoms. The number of hydrogen-bond donors (Lipinski definition) is 1. The molecule has 0 aromatic carbocycles. The monoisotopic (exact) mass is 527 g/mol. The molecule has 4 aliphatic carbocycles. The number of hydroxylamine groups is 2. The smallest absolute Gasteiger partial charge is 0.421 e. The lowest BCUT2D eigenvalue weighted by molar-refractivity contribution is -0.172. The Morgan fingerprint density at radius 3 is 2.28 bits per heavy atom. The van der Waals surface area contributed by atoms with Crippen molar-refractivity contribution < 1.29 is 36.0 Å². The highest BCUT2D eigenvalue weighted by atomic mass is 32.3. The summed E-state index contributed by atoms with van der Waals surface area (Å²) in [4.78, 5) is 38.4. The fourth-order valence-electron chi connectivity index (χ4n) is 7.38. The first-order chi connectivity index (χ1) is 16.9. The van der Waals surface area contributed by atoms with E-state index in [1.165, 1.54) is 24.2 Å². The summed E-state index contributed by atoms with van der Waals surface area (Å²) >= 11 is 0. The number of esters is 1. The van der Waals surface area contributed by atoms with Gasteiger partial charge in [0.05, 0.1) is 24.7 Å². The van der Waals surface area contributed by atoms with Gasteiger partial charge in [0, 0.05) is 6.54 Å². The fraction of sp³-hybridized carbons (Fsp3) is 0.875. The van der Waals surface area contributed by atoms with Crippen LogP contribution in [0.4, 0.5) is 4.79 Å². The largest absolute Gasteiger partial charge is 0.465 e. The van der Waals surface area contributed by atoms with Gasteiger partial charge in [0.2, 0.25) is 5.91 Å². The number of nitrogens with two attached hydrogens (primary N) is 1. The van der Waals surface area contributed by atoms with Gasteiger partial charge in [0.1, 0.15) is 6.04 Å². The average molecular weight is 528 g/mol. The lowest BCUT2D eigenvalue weighted by Crippen LogP contribution is -2.50. The summed E-state index contributed by atoms with van der Waals surface area (Å²) in [6.45, 7) is 3.79. The van der Waals surface area contributed by atoms with E-state index < -0.39 is 39.8 Å². The maximum absolute atomic E-state index is 13.0. The van der Waals surface area contributed by atoms with Gasteiger partial charge in [-0.05, 0) is 81.0 Å². The van der Waals surface area contributed by atoms with Crippen LogP contribution in [0.1, 0.15) is 71.6 Å². The number of amides is 3. The molecule has 0 radical (unpaired) electrons. The Balaban J connectivity index is 1.09. The molecule has 11 nitrogen and oxygen atoms in total. The maximum Gasteiger partial charge on any atom is 0.421 e. The highest BCUT2D eigenvalue weighted by molar-refractivity contribution is 7.81. The first-order valence-electron chi connectivity index (χ1n) is 13.0. The number of ether oxygens (including phenoxy) is 1. The molecule has 6 rings (SSSR count). The number of primary amides is 1. The normalized spacial score (nSPS) is 35.4. The van der Waals surface area contributed by atoms with Gasteiger partial charge in [-0.1, -0.05) is 13.8 Å². The number of nitrogens with zero attached hydrogens (tertiary/aromatic N) is 2. The lowest BCUT2D eigenvalue weighted by atomic mass is 9.49. The summed E-state index contributed by atoms with van der Waals surface area (Å²) in [5.41, 5.74) is 4.40. The zero-order valence-corrected chi connectivity index (χ0v) is 21.8. The number of fused-ring (bicyclic) bond motifs is 2. The molecule has 6 fully saturated rings. The Morgan fingerprint density at radius 1 is 1.08 bits per heavy atom. The third-order valence-corrected chi connectivity index (χ3v) is 9.65. The zero-order chi connectivity index (χ0) is 25.9. The van der Waals surface area contributed by atoms with Crippen molar-refractivity contribution in [2.24, 2.45) is 34.3 Å². The minimum atomic E-state index is -4.53. The van der Waals surface area contributed by atoms with Crippen LogP contribution in [0.15, 0.2) is 0 Å². The number of urea groups is 1. The zero-order valence-electron chi connectivity index (χ0n) is 21.0. The summed E-state index contributed by atoms with van der Waals surface area (Å²) in [5.74, 6) is 1.23. The molecule has 0 aromatic rings. The molecule has 2 N–H and O–H groups in total. The summed E-state index contributed by atoms with van der Waals surface area (Å²) in [6.07, 6.45) is 7.73. The number of hydrogen-bond acceptors (Lipinski definition) is 8. The van der Waals surface area contributed by atoms with Crippen molar-refractivity contribution >= 4 is 28.3 Å².